The van der Waals surface area contributed by atoms with Crippen LogP contribution < -0.4 is 10.6 Å². The van der Waals surface area contributed by atoms with Gasteiger partial charge in [0.25, 0.3) is 0 Å². The lowest BCUT2D eigenvalue weighted by Crippen LogP contribution is -2.46. The number of nitriles is 2. The summed E-state index contributed by atoms with van der Waals surface area (Å²) in [6.45, 7) is 2.40. The van der Waals surface area contributed by atoms with Gasteiger partial charge in [-0.3, -0.25) is 14.5 Å². The monoisotopic (exact) mass is 429 g/mol. The molecule has 0 spiro atoms. The molecule has 1 saturated carbocycles. The number of benzene rings is 2. The van der Waals surface area contributed by atoms with Crippen LogP contribution in [0.25, 0.3) is 0 Å². The average molecular weight is 430 g/mol. The Hall–Kier alpha value is -3.68. The highest BCUT2D eigenvalue weighted by Gasteiger charge is 2.27. The Morgan fingerprint density at radius 1 is 0.875 bits per heavy atom. The second-order valence-corrected chi connectivity index (χ2v) is 8.30. The third kappa shape index (κ3) is 6.66. The van der Waals surface area contributed by atoms with Gasteiger partial charge in [0.1, 0.15) is 0 Å². The summed E-state index contributed by atoms with van der Waals surface area (Å²) in [5.74, 6) is 0.203. The summed E-state index contributed by atoms with van der Waals surface area (Å²) in [5.41, 5.74) is 2.06. The van der Waals surface area contributed by atoms with E-state index >= 15 is 0 Å². The predicted octanol–water partition coefficient (Wildman–Crippen LogP) is 3.89. The van der Waals surface area contributed by atoms with E-state index in [0.29, 0.717) is 28.4 Å². The summed E-state index contributed by atoms with van der Waals surface area (Å²) in [4.78, 5) is 27.4. The van der Waals surface area contributed by atoms with Crippen LogP contribution in [-0.2, 0) is 9.59 Å². The van der Waals surface area contributed by atoms with Gasteiger partial charge in [-0.15, -0.1) is 0 Å². The maximum atomic E-state index is 12.7. The van der Waals surface area contributed by atoms with Gasteiger partial charge in [0.05, 0.1) is 36.4 Å². The molecule has 2 aromatic carbocycles. The van der Waals surface area contributed by atoms with Gasteiger partial charge in [-0.1, -0.05) is 19.1 Å². The van der Waals surface area contributed by atoms with E-state index in [2.05, 4.69) is 29.7 Å². The van der Waals surface area contributed by atoms with Crippen LogP contribution in [0.5, 0.6) is 0 Å². The molecular weight excluding hydrogens is 402 g/mol. The van der Waals surface area contributed by atoms with Crippen molar-refractivity contribution in [2.75, 3.05) is 23.7 Å². The van der Waals surface area contributed by atoms with Crippen molar-refractivity contribution in [3.8, 4) is 12.1 Å². The molecule has 0 atom stereocenters. The number of anilines is 2. The second-order valence-electron chi connectivity index (χ2n) is 8.30. The van der Waals surface area contributed by atoms with Crippen molar-refractivity contribution in [2.24, 2.45) is 5.92 Å². The number of amides is 2. The maximum absolute atomic E-state index is 12.7. The van der Waals surface area contributed by atoms with Crippen molar-refractivity contribution in [1.29, 1.82) is 10.5 Å². The summed E-state index contributed by atoms with van der Waals surface area (Å²) in [6.07, 6.45) is 4.02. The van der Waals surface area contributed by atoms with E-state index in [-0.39, 0.29) is 30.9 Å². The van der Waals surface area contributed by atoms with Crippen molar-refractivity contribution in [2.45, 2.75) is 38.6 Å². The molecule has 0 unspecified atom stereocenters. The molecule has 2 amide bonds. The van der Waals surface area contributed by atoms with Crippen molar-refractivity contribution in [3.05, 3.63) is 59.7 Å². The van der Waals surface area contributed by atoms with E-state index in [1.54, 1.807) is 48.5 Å². The van der Waals surface area contributed by atoms with Crippen molar-refractivity contribution in [1.82, 2.24) is 4.90 Å². The van der Waals surface area contributed by atoms with E-state index < -0.39 is 0 Å². The lowest BCUT2D eigenvalue weighted by atomic mass is 9.86. The zero-order chi connectivity index (χ0) is 22.9. The summed E-state index contributed by atoms with van der Waals surface area (Å²) >= 11 is 0. The fourth-order valence-corrected chi connectivity index (χ4v) is 4.02. The normalized spacial score (nSPS) is 17.8. The van der Waals surface area contributed by atoms with Crippen molar-refractivity contribution < 1.29 is 9.59 Å². The molecule has 164 valence electrons. The number of nitrogens with one attached hydrogen (secondary N) is 2. The second kappa shape index (κ2) is 11.1. The van der Waals surface area contributed by atoms with Crippen LogP contribution >= 0.6 is 0 Å². The Kier molecular flexibility index (Phi) is 7.96. The van der Waals surface area contributed by atoms with Gasteiger partial charge < -0.3 is 10.6 Å². The highest BCUT2D eigenvalue weighted by Crippen LogP contribution is 2.27. The first-order valence-corrected chi connectivity index (χ1v) is 10.8. The number of carbonyl (C=O) groups is 2. The van der Waals surface area contributed by atoms with Crippen LogP contribution in [0.2, 0.25) is 0 Å². The molecule has 0 heterocycles. The van der Waals surface area contributed by atoms with Crippen LogP contribution in [0, 0.1) is 28.6 Å². The van der Waals surface area contributed by atoms with E-state index in [0.717, 1.165) is 25.7 Å². The minimum atomic E-state index is -0.224. The largest absolute Gasteiger partial charge is 0.325 e. The standard InChI is InChI=1S/C25H27N5O2/c1-18-8-10-23(11-9-18)30(16-24(31)28-21-6-2-4-19(12-21)14-26)17-25(32)29-22-7-3-5-20(13-22)15-27/h2-7,12-13,18,23H,8-11,16-17H2,1H3,(H,28,31)(H,29,32). The molecule has 1 aliphatic rings. The van der Waals surface area contributed by atoms with Gasteiger partial charge in [0.15, 0.2) is 0 Å². The van der Waals surface area contributed by atoms with E-state index in [9.17, 15) is 9.59 Å². The van der Waals surface area contributed by atoms with Gasteiger partial charge in [-0.05, 0) is 68.0 Å². The zero-order valence-electron chi connectivity index (χ0n) is 18.2. The number of hydrogen-bond donors (Lipinski definition) is 2. The lowest BCUT2D eigenvalue weighted by molar-refractivity contribution is -0.121. The average Bonchev–Trinajstić information content (AvgIpc) is 2.79. The third-order valence-electron chi connectivity index (χ3n) is 5.75. The molecule has 0 aliphatic heterocycles. The fraction of sp³-hybridized carbons (Fsp3) is 0.360. The number of carbonyl (C=O) groups excluding carboxylic acids is 2. The summed E-state index contributed by atoms with van der Waals surface area (Å²) in [7, 11) is 0. The van der Waals surface area contributed by atoms with Crippen LogP contribution in [0.4, 0.5) is 11.4 Å². The maximum Gasteiger partial charge on any atom is 0.238 e. The molecule has 0 radical (unpaired) electrons. The Bertz CT molecular complexity index is 971. The number of rotatable bonds is 7. The Balaban J connectivity index is 1.67. The minimum absolute atomic E-state index is 0.0848. The molecule has 3 rings (SSSR count). The lowest BCUT2D eigenvalue weighted by Gasteiger charge is -2.35. The predicted molar refractivity (Wildman–Crippen MR) is 123 cm³/mol. The smallest absolute Gasteiger partial charge is 0.238 e. The molecule has 0 saturated heterocycles. The van der Waals surface area contributed by atoms with Crippen LogP contribution in [0.15, 0.2) is 48.5 Å². The molecule has 0 bridgehead atoms. The summed E-state index contributed by atoms with van der Waals surface area (Å²) < 4.78 is 0. The van der Waals surface area contributed by atoms with Gasteiger partial charge in [0, 0.05) is 17.4 Å². The van der Waals surface area contributed by atoms with Crippen molar-refractivity contribution in [3.63, 3.8) is 0 Å². The first-order chi connectivity index (χ1) is 15.5. The third-order valence-corrected chi connectivity index (χ3v) is 5.75. The Morgan fingerprint density at radius 3 is 1.78 bits per heavy atom. The first-order valence-electron chi connectivity index (χ1n) is 10.8. The molecule has 7 nitrogen and oxygen atoms in total. The van der Waals surface area contributed by atoms with E-state index in [4.69, 9.17) is 10.5 Å². The summed E-state index contributed by atoms with van der Waals surface area (Å²) in [6, 6.07) is 17.8. The van der Waals surface area contributed by atoms with Gasteiger partial charge in [-0.2, -0.15) is 10.5 Å². The van der Waals surface area contributed by atoms with Crippen molar-refractivity contribution >= 4 is 23.2 Å². The zero-order valence-corrected chi connectivity index (χ0v) is 18.2. The molecule has 2 N–H and O–H groups in total. The SMILES string of the molecule is CC1CCC(N(CC(=O)Nc2cccc(C#N)c2)CC(=O)Nc2cccc(C#N)c2)CC1. The summed E-state index contributed by atoms with van der Waals surface area (Å²) in [5, 5.41) is 23.8. The Labute approximate surface area is 188 Å². The molecule has 2 aromatic rings. The molecule has 7 heteroatoms. The molecule has 0 aromatic heterocycles. The molecule has 1 aliphatic carbocycles. The van der Waals surface area contributed by atoms with E-state index in [1.165, 1.54) is 0 Å². The highest BCUT2D eigenvalue weighted by molar-refractivity contribution is 5.95. The van der Waals surface area contributed by atoms with Gasteiger partial charge in [-0.25, -0.2) is 0 Å². The van der Waals surface area contributed by atoms with Crippen LogP contribution in [0.1, 0.15) is 43.7 Å². The quantitative estimate of drug-likeness (QED) is 0.694. The first kappa shape index (κ1) is 23.0. The Morgan fingerprint density at radius 2 is 1.34 bits per heavy atom. The minimum Gasteiger partial charge on any atom is -0.325 e. The number of hydrogen-bond acceptors (Lipinski definition) is 5. The number of nitrogens with zero attached hydrogens (tertiary/aromatic N) is 3. The topological polar surface area (TPSA) is 109 Å². The fourth-order valence-electron chi connectivity index (χ4n) is 4.02. The molecule has 32 heavy (non-hydrogen) atoms. The van der Waals surface area contributed by atoms with Gasteiger partial charge >= 0.3 is 0 Å². The molecule has 1 fully saturated rings. The van der Waals surface area contributed by atoms with E-state index in [1.807, 2.05) is 4.90 Å². The van der Waals surface area contributed by atoms with Crippen LogP contribution in [0.3, 0.4) is 0 Å². The van der Waals surface area contributed by atoms with Crippen LogP contribution in [-0.4, -0.2) is 35.8 Å². The van der Waals surface area contributed by atoms with Gasteiger partial charge in [0.2, 0.25) is 11.8 Å². The highest BCUT2D eigenvalue weighted by atomic mass is 16.2. The molecular formula is C25H27N5O2.